The summed E-state index contributed by atoms with van der Waals surface area (Å²) in [7, 11) is 0. The third-order valence-electron chi connectivity index (χ3n) is 4.06. The molecule has 2 aromatic carbocycles. The van der Waals surface area contributed by atoms with Gasteiger partial charge in [0, 0.05) is 13.1 Å². The lowest BCUT2D eigenvalue weighted by Crippen LogP contribution is -2.27. The highest BCUT2D eigenvalue weighted by atomic mass is 15.1. The van der Waals surface area contributed by atoms with Crippen molar-refractivity contribution in [2.75, 3.05) is 23.7 Å². The molecule has 2 heteroatoms. The highest BCUT2D eigenvalue weighted by Crippen LogP contribution is 2.28. The molecule has 0 saturated heterocycles. The molecule has 3 rings (SSSR count). The summed E-state index contributed by atoms with van der Waals surface area (Å²) in [6.45, 7) is 4.17. The zero-order valence-electron chi connectivity index (χ0n) is 11.4. The Kier molecular flexibility index (Phi) is 3.16. The number of rotatable bonds is 1. The van der Waals surface area contributed by atoms with Crippen molar-refractivity contribution in [1.82, 2.24) is 0 Å². The van der Waals surface area contributed by atoms with Crippen LogP contribution in [0.3, 0.4) is 0 Å². The molecule has 0 spiro atoms. The molecule has 2 N–H and O–H groups in total. The van der Waals surface area contributed by atoms with Gasteiger partial charge >= 0.3 is 0 Å². The molecule has 19 heavy (non-hydrogen) atoms. The zero-order chi connectivity index (χ0) is 13.2. The van der Waals surface area contributed by atoms with Crippen LogP contribution in [0.4, 0.5) is 11.4 Å². The lowest BCUT2D eigenvalue weighted by Gasteiger charge is -2.25. The van der Waals surface area contributed by atoms with Crippen LogP contribution in [0.5, 0.6) is 0 Å². The monoisotopic (exact) mass is 252 g/mol. The minimum Gasteiger partial charge on any atom is -0.397 e. The Morgan fingerprint density at radius 1 is 0.895 bits per heavy atom. The highest BCUT2D eigenvalue weighted by molar-refractivity contribution is 5.71. The average Bonchev–Trinajstić information content (AvgIpc) is 2.65. The van der Waals surface area contributed by atoms with Crippen LogP contribution in [-0.2, 0) is 12.8 Å². The van der Waals surface area contributed by atoms with E-state index in [4.69, 9.17) is 5.73 Å². The number of aryl methyl sites for hydroxylation is 1. The van der Waals surface area contributed by atoms with Crippen LogP contribution in [0.2, 0.25) is 0 Å². The summed E-state index contributed by atoms with van der Waals surface area (Å²) in [6.07, 6.45) is 2.20. The summed E-state index contributed by atoms with van der Waals surface area (Å²) < 4.78 is 0. The number of nitrogens with zero attached hydrogens (tertiary/aromatic N) is 1. The molecule has 0 fully saturated rings. The molecule has 0 aliphatic carbocycles. The first-order valence-electron chi connectivity index (χ1n) is 6.92. The Hall–Kier alpha value is -1.96. The summed E-state index contributed by atoms with van der Waals surface area (Å²) in [5.74, 6) is 0. The second-order valence-electron chi connectivity index (χ2n) is 5.26. The smallest absolute Gasteiger partial charge is 0.0602 e. The van der Waals surface area contributed by atoms with E-state index in [0.29, 0.717) is 0 Å². The Labute approximate surface area is 114 Å². The van der Waals surface area contributed by atoms with Gasteiger partial charge in [-0.05, 0) is 42.5 Å². The van der Waals surface area contributed by atoms with Gasteiger partial charge in [0.05, 0.1) is 11.4 Å². The number of hydrogen-bond acceptors (Lipinski definition) is 2. The van der Waals surface area contributed by atoms with Gasteiger partial charge in [-0.1, -0.05) is 36.4 Å². The average molecular weight is 252 g/mol. The van der Waals surface area contributed by atoms with E-state index in [1.807, 2.05) is 0 Å². The lowest BCUT2D eigenvalue weighted by molar-refractivity contribution is 0.806. The maximum absolute atomic E-state index is 6.23. The van der Waals surface area contributed by atoms with Crippen molar-refractivity contribution in [1.29, 1.82) is 0 Å². The van der Waals surface area contributed by atoms with E-state index in [0.717, 1.165) is 31.6 Å². The summed E-state index contributed by atoms with van der Waals surface area (Å²) in [5.41, 5.74) is 12.5. The lowest BCUT2D eigenvalue weighted by atomic mass is 10.0. The van der Waals surface area contributed by atoms with Crippen LogP contribution < -0.4 is 10.6 Å². The van der Waals surface area contributed by atoms with Gasteiger partial charge < -0.3 is 10.6 Å². The van der Waals surface area contributed by atoms with Gasteiger partial charge in [-0.2, -0.15) is 0 Å². The Bertz CT molecular complexity index is 563. The Balaban J connectivity index is 1.88. The van der Waals surface area contributed by atoms with Crippen molar-refractivity contribution >= 4 is 11.4 Å². The molecule has 1 aliphatic rings. The molecule has 2 aromatic rings. The fourth-order valence-electron chi connectivity index (χ4n) is 2.85. The first kappa shape index (κ1) is 12.1. The molecular formula is C17H20N2. The van der Waals surface area contributed by atoms with Crippen LogP contribution >= 0.6 is 0 Å². The van der Waals surface area contributed by atoms with E-state index >= 15 is 0 Å². The van der Waals surface area contributed by atoms with Crippen molar-refractivity contribution in [2.45, 2.75) is 19.8 Å². The highest BCUT2D eigenvalue weighted by Gasteiger charge is 2.16. The molecule has 0 bridgehead atoms. The maximum Gasteiger partial charge on any atom is 0.0602 e. The van der Waals surface area contributed by atoms with E-state index in [9.17, 15) is 0 Å². The van der Waals surface area contributed by atoms with Crippen LogP contribution in [-0.4, -0.2) is 13.1 Å². The first-order chi connectivity index (χ1) is 9.25. The van der Waals surface area contributed by atoms with Crippen molar-refractivity contribution in [3.8, 4) is 0 Å². The standard InChI is InChI=1S/C17H20N2/c1-13-5-4-8-16(17(13)18)19-11-9-14-6-2-3-7-15(14)10-12-19/h2-8H,9-12,18H2,1H3. The fourth-order valence-corrected chi connectivity index (χ4v) is 2.85. The van der Waals surface area contributed by atoms with Crippen LogP contribution in [0.25, 0.3) is 0 Å². The van der Waals surface area contributed by atoms with Gasteiger partial charge in [-0.25, -0.2) is 0 Å². The largest absolute Gasteiger partial charge is 0.397 e. The second-order valence-corrected chi connectivity index (χ2v) is 5.26. The molecule has 0 saturated carbocycles. The van der Waals surface area contributed by atoms with Gasteiger partial charge in [0.15, 0.2) is 0 Å². The quantitative estimate of drug-likeness (QED) is 0.790. The number of benzene rings is 2. The van der Waals surface area contributed by atoms with Crippen molar-refractivity contribution in [2.24, 2.45) is 0 Å². The van der Waals surface area contributed by atoms with Gasteiger partial charge in [-0.3, -0.25) is 0 Å². The molecule has 98 valence electrons. The third-order valence-corrected chi connectivity index (χ3v) is 4.06. The summed E-state index contributed by atoms with van der Waals surface area (Å²) >= 11 is 0. The Morgan fingerprint density at radius 2 is 1.53 bits per heavy atom. The Morgan fingerprint density at radius 3 is 2.16 bits per heavy atom. The number of nitrogen functional groups attached to an aromatic ring is 1. The van der Waals surface area contributed by atoms with Crippen molar-refractivity contribution in [3.63, 3.8) is 0 Å². The number of hydrogen-bond donors (Lipinski definition) is 1. The minimum atomic E-state index is 0.924. The molecule has 0 aromatic heterocycles. The molecular weight excluding hydrogens is 232 g/mol. The SMILES string of the molecule is Cc1cccc(N2CCc3ccccc3CC2)c1N. The second kappa shape index (κ2) is 4.96. The molecule has 0 unspecified atom stereocenters. The van der Waals surface area contributed by atoms with E-state index in [-0.39, 0.29) is 0 Å². The van der Waals surface area contributed by atoms with Gasteiger partial charge in [0.25, 0.3) is 0 Å². The maximum atomic E-state index is 6.23. The molecule has 2 nitrogen and oxygen atoms in total. The first-order valence-corrected chi connectivity index (χ1v) is 6.92. The van der Waals surface area contributed by atoms with Crippen molar-refractivity contribution in [3.05, 3.63) is 59.2 Å². The number of nitrogens with two attached hydrogens (primary N) is 1. The van der Waals surface area contributed by atoms with E-state index in [1.54, 1.807) is 0 Å². The molecule has 0 radical (unpaired) electrons. The van der Waals surface area contributed by atoms with Crippen LogP contribution in [0.1, 0.15) is 16.7 Å². The molecule has 0 amide bonds. The van der Waals surface area contributed by atoms with E-state index in [1.165, 1.54) is 22.4 Å². The molecule has 1 heterocycles. The molecule has 0 atom stereocenters. The van der Waals surface area contributed by atoms with Crippen molar-refractivity contribution < 1.29 is 0 Å². The summed E-state index contributed by atoms with van der Waals surface area (Å²) in [6, 6.07) is 15.1. The van der Waals surface area contributed by atoms with Crippen LogP contribution in [0, 0.1) is 6.92 Å². The predicted octanol–water partition coefficient (Wildman–Crippen LogP) is 3.18. The van der Waals surface area contributed by atoms with E-state index < -0.39 is 0 Å². The van der Waals surface area contributed by atoms with Crippen LogP contribution in [0.15, 0.2) is 42.5 Å². The minimum absolute atomic E-state index is 0.924. The third kappa shape index (κ3) is 2.30. The normalized spacial score (nSPS) is 14.9. The topological polar surface area (TPSA) is 29.3 Å². The molecule has 1 aliphatic heterocycles. The zero-order valence-corrected chi connectivity index (χ0v) is 11.4. The number of para-hydroxylation sites is 1. The van der Waals surface area contributed by atoms with E-state index in [2.05, 4.69) is 54.3 Å². The summed E-state index contributed by atoms with van der Waals surface area (Å²) in [4.78, 5) is 2.42. The van der Waals surface area contributed by atoms with Gasteiger partial charge in [0.1, 0.15) is 0 Å². The fraction of sp³-hybridized carbons (Fsp3) is 0.294. The number of anilines is 2. The summed E-state index contributed by atoms with van der Waals surface area (Å²) in [5, 5.41) is 0. The number of fused-ring (bicyclic) bond motifs is 1. The van der Waals surface area contributed by atoms with Gasteiger partial charge in [0.2, 0.25) is 0 Å². The predicted molar refractivity (Wildman–Crippen MR) is 81.7 cm³/mol. The van der Waals surface area contributed by atoms with Gasteiger partial charge in [-0.15, -0.1) is 0 Å².